The number of imide groups is 1. The van der Waals surface area contributed by atoms with Gasteiger partial charge in [0.15, 0.2) is 11.5 Å². The number of anilines is 1. The van der Waals surface area contributed by atoms with E-state index in [0.29, 0.717) is 29.2 Å². The van der Waals surface area contributed by atoms with Gasteiger partial charge >= 0.3 is 6.03 Å². The number of carbonyl (C=O) groups is 3. The summed E-state index contributed by atoms with van der Waals surface area (Å²) in [4.78, 5) is 38.2. The van der Waals surface area contributed by atoms with Crippen LogP contribution in [0.3, 0.4) is 0 Å². The first-order valence-electron chi connectivity index (χ1n) is 11.7. The van der Waals surface area contributed by atoms with E-state index in [1.54, 1.807) is 42.5 Å². The molecule has 0 saturated carbocycles. The number of benzene rings is 3. The Labute approximate surface area is 218 Å². The molecule has 1 aliphatic rings. The van der Waals surface area contributed by atoms with E-state index in [0.717, 1.165) is 10.5 Å². The molecule has 9 nitrogen and oxygen atoms in total. The molecule has 0 bridgehead atoms. The van der Waals surface area contributed by atoms with Gasteiger partial charge in [-0.15, -0.1) is 0 Å². The van der Waals surface area contributed by atoms with Crippen LogP contribution in [-0.4, -0.2) is 35.9 Å². The predicted octanol–water partition coefficient (Wildman–Crippen LogP) is 4.21. The van der Waals surface area contributed by atoms with Gasteiger partial charge in [-0.1, -0.05) is 36.4 Å². The lowest BCUT2D eigenvalue weighted by molar-refractivity contribution is -0.127. The third-order valence-corrected chi connectivity index (χ3v) is 5.51. The van der Waals surface area contributed by atoms with Gasteiger partial charge in [0.1, 0.15) is 24.7 Å². The van der Waals surface area contributed by atoms with E-state index < -0.39 is 30.2 Å². The molecule has 2 N–H and O–H groups in total. The molecule has 0 aromatic heterocycles. The van der Waals surface area contributed by atoms with Gasteiger partial charge in [0, 0.05) is 5.56 Å². The monoisotopic (exact) mass is 514 g/mol. The molecule has 4 rings (SSSR count). The van der Waals surface area contributed by atoms with E-state index in [4.69, 9.17) is 9.47 Å². The average molecular weight is 515 g/mol. The van der Waals surface area contributed by atoms with Gasteiger partial charge in [-0.2, -0.15) is 5.26 Å². The van der Waals surface area contributed by atoms with Crippen molar-refractivity contribution < 1.29 is 28.2 Å². The van der Waals surface area contributed by atoms with Crippen molar-refractivity contribution in [3.05, 3.63) is 94.9 Å². The number of nitrogens with zero attached hydrogens (tertiary/aromatic N) is 2. The van der Waals surface area contributed by atoms with E-state index in [1.807, 2.05) is 13.0 Å². The highest BCUT2D eigenvalue weighted by molar-refractivity contribution is 6.16. The third-order valence-electron chi connectivity index (χ3n) is 5.51. The molecule has 1 heterocycles. The molecular weight excluding hydrogens is 491 g/mol. The van der Waals surface area contributed by atoms with Crippen LogP contribution in [0.2, 0.25) is 0 Å². The van der Waals surface area contributed by atoms with Crippen molar-refractivity contribution in [3.63, 3.8) is 0 Å². The molecule has 38 heavy (non-hydrogen) atoms. The minimum Gasteiger partial charge on any atom is -0.490 e. The summed E-state index contributed by atoms with van der Waals surface area (Å²) in [5.74, 6) is -1.21. The Morgan fingerprint density at radius 3 is 2.61 bits per heavy atom. The van der Waals surface area contributed by atoms with Crippen LogP contribution in [-0.2, 0) is 16.2 Å². The SMILES string of the molecule is CCOc1cc(/C=C2/NC(=O)N(CC(=O)Nc3ccccc3F)C2=O)ccc1OCc1ccccc1C#N. The third kappa shape index (κ3) is 5.96. The number of rotatable bonds is 9. The Hall–Kier alpha value is -5.17. The van der Waals surface area contributed by atoms with Crippen molar-refractivity contribution in [2.24, 2.45) is 0 Å². The Morgan fingerprint density at radius 1 is 1.08 bits per heavy atom. The van der Waals surface area contributed by atoms with E-state index in [2.05, 4.69) is 16.7 Å². The first-order valence-corrected chi connectivity index (χ1v) is 11.7. The molecule has 3 aromatic rings. The standard InChI is InChI=1S/C28H23FN4O5/c1-2-37-25-14-18(11-12-24(25)38-17-20-8-4-3-7-19(20)15-30)13-23-27(35)33(28(36)32-23)16-26(34)31-22-10-6-5-9-21(22)29/h3-14H,2,16-17H2,1H3,(H,31,34)(H,32,36)/b23-13+. The van der Waals surface area contributed by atoms with Crippen LogP contribution in [0.1, 0.15) is 23.6 Å². The molecule has 1 fully saturated rings. The highest BCUT2D eigenvalue weighted by Gasteiger charge is 2.35. The molecule has 3 aromatic carbocycles. The van der Waals surface area contributed by atoms with Crippen LogP contribution in [0, 0.1) is 17.1 Å². The number of urea groups is 1. The number of nitrogens with one attached hydrogen (secondary N) is 2. The van der Waals surface area contributed by atoms with Crippen LogP contribution in [0.5, 0.6) is 11.5 Å². The summed E-state index contributed by atoms with van der Waals surface area (Å²) in [5, 5.41) is 14.1. The normalized spacial score (nSPS) is 13.7. The Morgan fingerprint density at radius 2 is 1.84 bits per heavy atom. The largest absolute Gasteiger partial charge is 0.490 e. The summed E-state index contributed by atoms with van der Waals surface area (Å²) in [6.07, 6.45) is 1.45. The fourth-order valence-electron chi connectivity index (χ4n) is 3.69. The number of hydrogen-bond donors (Lipinski definition) is 2. The van der Waals surface area contributed by atoms with E-state index in [-0.39, 0.29) is 18.0 Å². The molecule has 0 unspecified atom stereocenters. The molecule has 1 saturated heterocycles. The number of hydrogen-bond acceptors (Lipinski definition) is 6. The number of para-hydroxylation sites is 1. The van der Waals surface area contributed by atoms with Crippen molar-refractivity contribution in [2.75, 3.05) is 18.5 Å². The topological polar surface area (TPSA) is 121 Å². The maximum atomic E-state index is 13.8. The zero-order chi connectivity index (χ0) is 27.1. The van der Waals surface area contributed by atoms with Crippen LogP contribution in [0.15, 0.2) is 72.4 Å². The predicted molar refractivity (Wildman–Crippen MR) is 136 cm³/mol. The van der Waals surface area contributed by atoms with Crippen molar-refractivity contribution in [1.29, 1.82) is 5.26 Å². The van der Waals surface area contributed by atoms with Crippen LogP contribution >= 0.6 is 0 Å². The van der Waals surface area contributed by atoms with Gasteiger partial charge in [0.25, 0.3) is 5.91 Å². The highest BCUT2D eigenvalue weighted by Crippen LogP contribution is 2.31. The lowest BCUT2D eigenvalue weighted by Gasteiger charge is -2.13. The van der Waals surface area contributed by atoms with E-state index >= 15 is 0 Å². The van der Waals surface area contributed by atoms with Gasteiger partial charge in [-0.25, -0.2) is 14.1 Å². The maximum Gasteiger partial charge on any atom is 0.329 e. The van der Waals surface area contributed by atoms with Crippen molar-refractivity contribution in [1.82, 2.24) is 10.2 Å². The summed E-state index contributed by atoms with van der Waals surface area (Å²) in [7, 11) is 0. The number of halogens is 1. The smallest absolute Gasteiger partial charge is 0.329 e. The summed E-state index contributed by atoms with van der Waals surface area (Å²) < 4.78 is 25.4. The van der Waals surface area contributed by atoms with Crippen LogP contribution in [0.25, 0.3) is 6.08 Å². The summed E-state index contributed by atoms with van der Waals surface area (Å²) >= 11 is 0. The number of amides is 4. The van der Waals surface area contributed by atoms with Gasteiger partial charge in [0.2, 0.25) is 5.91 Å². The Balaban J connectivity index is 1.47. The quantitative estimate of drug-likeness (QED) is 0.326. The van der Waals surface area contributed by atoms with Gasteiger partial charge in [0.05, 0.1) is 23.9 Å². The Bertz CT molecular complexity index is 1460. The van der Waals surface area contributed by atoms with Crippen molar-refractivity contribution >= 4 is 29.6 Å². The zero-order valence-electron chi connectivity index (χ0n) is 20.4. The minimum atomic E-state index is -0.772. The van der Waals surface area contributed by atoms with Crippen LogP contribution < -0.4 is 20.1 Å². The van der Waals surface area contributed by atoms with E-state index in [1.165, 1.54) is 24.3 Å². The summed E-state index contributed by atoms with van der Waals surface area (Å²) in [5.41, 5.74) is 1.69. The van der Waals surface area contributed by atoms with E-state index in [9.17, 15) is 24.0 Å². The number of carbonyl (C=O) groups excluding carboxylic acids is 3. The lowest BCUT2D eigenvalue weighted by atomic mass is 10.1. The summed E-state index contributed by atoms with van der Waals surface area (Å²) in [6.45, 7) is 1.73. The van der Waals surface area contributed by atoms with Crippen LogP contribution in [0.4, 0.5) is 14.9 Å². The highest BCUT2D eigenvalue weighted by atomic mass is 19.1. The summed E-state index contributed by atoms with van der Waals surface area (Å²) in [6, 6.07) is 19.0. The number of ether oxygens (including phenoxy) is 2. The average Bonchev–Trinajstić information content (AvgIpc) is 3.17. The first-order chi connectivity index (χ1) is 18.4. The fraction of sp³-hybridized carbons (Fsp3) is 0.143. The molecule has 10 heteroatoms. The minimum absolute atomic E-state index is 0.0345. The van der Waals surface area contributed by atoms with Gasteiger partial charge in [-0.3, -0.25) is 9.59 Å². The zero-order valence-corrected chi connectivity index (χ0v) is 20.4. The van der Waals surface area contributed by atoms with Gasteiger partial charge in [-0.05, 0) is 48.9 Å². The maximum absolute atomic E-state index is 13.8. The second-order valence-electron chi connectivity index (χ2n) is 8.10. The second-order valence-corrected chi connectivity index (χ2v) is 8.10. The second kappa shape index (κ2) is 11.7. The molecule has 192 valence electrons. The molecule has 1 aliphatic heterocycles. The Kier molecular flexibility index (Phi) is 7.98. The fourth-order valence-corrected chi connectivity index (χ4v) is 3.69. The van der Waals surface area contributed by atoms with Gasteiger partial charge < -0.3 is 20.1 Å². The molecule has 0 aliphatic carbocycles. The lowest BCUT2D eigenvalue weighted by Crippen LogP contribution is -2.38. The molecule has 0 radical (unpaired) electrons. The van der Waals surface area contributed by atoms with Crippen molar-refractivity contribution in [2.45, 2.75) is 13.5 Å². The van der Waals surface area contributed by atoms with Crippen molar-refractivity contribution in [3.8, 4) is 17.6 Å². The molecule has 0 spiro atoms. The molecular formula is C28H23FN4O5. The molecule has 4 amide bonds. The molecule has 0 atom stereocenters. The first kappa shape index (κ1) is 25.9. The number of nitriles is 1.